The second-order valence-corrected chi connectivity index (χ2v) is 8.67. The third kappa shape index (κ3) is 5.48. The van der Waals surface area contributed by atoms with Gasteiger partial charge >= 0.3 is 0 Å². The monoisotopic (exact) mass is 440 g/mol. The highest BCUT2D eigenvalue weighted by Crippen LogP contribution is 2.34. The fourth-order valence-corrected chi connectivity index (χ4v) is 4.90. The number of ether oxygens (including phenoxy) is 4. The normalized spacial score (nSPS) is 19.3. The standard InChI is InChI=1S/C26H36N2O4/c1-29-23-7-9-24(10-8-23)32-15-5-13-27-12-4-6-22(19-27)28-14-11-20-16-25(30-2)26(31-3)17-21(20)18-28/h7-10,16-17,22H,4-6,11-15,18-19H2,1-3H3/t22-/m0/s1. The van der Waals surface area contributed by atoms with E-state index in [2.05, 4.69) is 21.9 Å². The summed E-state index contributed by atoms with van der Waals surface area (Å²) in [4.78, 5) is 5.27. The summed E-state index contributed by atoms with van der Waals surface area (Å²) >= 11 is 0. The van der Waals surface area contributed by atoms with Crippen LogP contribution in [0.5, 0.6) is 23.0 Å². The van der Waals surface area contributed by atoms with Gasteiger partial charge in [0.15, 0.2) is 11.5 Å². The molecule has 6 heteroatoms. The highest BCUT2D eigenvalue weighted by atomic mass is 16.5. The number of methoxy groups -OCH3 is 3. The van der Waals surface area contributed by atoms with Gasteiger partial charge in [0.25, 0.3) is 0 Å². The predicted molar refractivity (Wildman–Crippen MR) is 126 cm³/mol. The fourth-order valence-electron chi connectivity index (χ4n) is 4.90. The van der Waals surface area contributed by atoms with Crippen LogP contribution in [-0.2, 0) is 13.0 Å². The zero-order valence-corrected chi connectivity index (χ0v) is 19.6. The van der Waals surface area contributed by atoms with E-state index in [4.69, 9.17) is 18.9 Å². The van der Waals surface area contributed by atoms with E-state index in [1.165, 1.54) is 30.5 Å². The number of benzene rings is 2. The molecular formula is C26H36N2O4. The van der Waals surface area contributed by atoms with E-state index < -0.39 is 0 Å². The molecule has 0 amide bonds. The molecule has 0 bridgehead atoms. The lowest BCUT2D eigenvalue weighted by Gasteiger charge is -2.41. The van der Waals surface area contributed by atoms with E-state index in [9.17, 15) is 0 Å². The summed E-state index contributed by atoms with van der Waals surface area (Å²) in [6.07, 6.45) is 4.65. The van der Waals surface area contributed by atoms with Crippen LogP contribution >= 0.6 is 0 Å². The molecule has 6 nitrogen and oxygen atoms in total. The molecule has 32 heavy (non-hydrogen) atoms. The summed E-state index contributed by atoms with van der Waals surface area (Å²) in [5.41, 5.74) is 2.76. The minimum absolute atomic E-state index is 0.618. The lowest BCUT2D eigenvalue weighted by atomic mass is 9.95. The minimum Gasteiger partial charge on any atom is -0.497 e. The second-order valence-electron chi connectivity index (χ2n) is 8.67. The SMILES string of the molecule is COc1ccc(OCCCN2CCC[C@H](N3CCc4cc(OC)c(OC)cc4C3)C2)cc1. The number of nitrogens with zero attached hydrogens (tertiary/aromatic N) is 2. The van der Waals surface area contributed by atoms with Crippen LogP contribution in [0.25, 0.3) is 0 Å². The molecule has 2 heterocycles. The Morgan fingerprint density at radius 1 is 0.875 bits per heavy atom. The second kappa shape index (κ2) is 10.9. The molecule has 2 aliphatic heterocycles. The Morgan fingerprint density at radius 2 is 1.59 bits per heavy atom. The third-order valence-corrected chi connectivity index (χ3v) is 6.69. The summed E-state index contributed by atoms with van der Waals surface area (Å²) in [6, 6.07) is 12.7. The maximum absolute atomic E-state index is 5.90. The van der Waals surface area contributed by atoms with Gasteiger partial charge < -0.3 is 23.8 Å². The van der Waals surface area contributed by atoms with E-state index in [1.807, 2.05) is 24.3 Å². The Kier molecular flexibility index (Phi) is 7.76. The third-order valence-electron chi connectivity index (χ3n) is 6.69. The van der Waals surface area contributed by atoms with Crippen LogP contribution in [0.3, 0.4) is 0 Å². The zero-order chi connectivity index (χ0) is 22.3. The molecule has 2 aliphatic rings. The Hall–Kier alpha value is -2.44. The Bertz CT molecular complexity index is 871. The summed E-state index contributed by atoms with van der Waals surface area (Å²) in [7, 11) is 5.10. The van der Waals surface area contributed by atoms with Crippen molar-refractivity contribution in [1.82, 2.24) is 9.80 Å². The summed E-state index contributed by atoms with van der Waals surface area (Å²) in [6.45, 7) is 6.27. The van der Waals surface area contributed by atoms with Crippen molar-refractivity contribution in [3.8, 4) is 23.0 Å². The number of likely N-dealkylation sites (tertiary alicyclic amines) is 1. The molecule has 0 spiro atoms. The van der Waals surface area contributed by atoms with Crippen molar-refractivity contribution in [2.75, 3.05) is 54.1 Å². The molecule has 1 atom stereocenters. The Balaban J connectivity index is 1.26. The van der Waals surface area contributed by atoms with E-state index in [1.54, 1.807) is 21.3 Å². The molecular weight excluding hydrogens is 404 g/mol. The molecule has 0 radical (unpaired) electrons. The Morgan fingerprint density at radius 3 is 2.31 bits per heavy atom. The van der Waals surface area contributed by atoms with E-state index >= 15 is 0 Å². The van der Waals surface area contributed by atoms with Gasteiger partial charge in [-0.2, -0.15) is 0 Å². The van der Waals surface area contributed by atoms with Gasteiger partial charge in [0.2, 0.25) is 0 Å². The molecule has 1 saturated heterocycles. The molecule has 1 fully saturated rings. The smallest absolute Gasteiger partial charge is 0.161 e. The van der Waals surface area contributed by atoms with Crippen LogP contribution < -0.4 is 18.9 Å². The van der Waals surface area contributed by atoms with Gasteiger partial charge in [0.05, 0.1) is 27.9 Å². The van der Waals surface area contributed by atoms with Crippen LogP contribution in [0.15, 0.2) is 36.4 Å². The van der Waals surface area contributed by atoms with Gasteiger partial charge in [-0.25, -0.2) is 0 Å². The average molecular weight is 441 g/mol. The predicted octanol–water partition coefficient (Wildman–Crippen LogP) is 4.00. The first-order valence-electron chi connectivity index (χ1n) is 11.7. The van der Waals surface area contributed by atoms with Gasteiger partial charge in [-0.3, -0.25) is 4.90 Å². The molecule has 2 aromatic rings. The molecule has 0 unspecified atom stereocenters. The first kappa shape index (κ1) is 22.7. The zero-order valence-electron chi connectivity index (χ0n) is 19.6. The maximum Gasteiger partial charge on any atom is 0.161 e. The molecule has 0 aromatic heterocycles. The first-order chi connectivity index (χ1) is 15.7. The first-order valence-corrected chi connectivity index (χ1v) is 11.7. The lowest BCUT2D eigenvalue weighted by Crippen LogP contribution is -2.49. The van der Waals surface area contributed by atoms with Crippen molar-refractivity contribution < 1.29 is 18.9 Å². The highest BCUT2D eigenvalue weighted by Gasteiger charge is 2.28. The summed E-state index contributed by atoms with van der Waals surface area (Å²) < 4.78 is 22.1. The van der Waals surface area contributed by atoms with Crippen molar-refractivity contribution in [3.05, 3.63) is 47.5 Å². The van der Waals surface area contributed by atoms with E-state index in [0.717, 1.165) is 68.6 Å². The molecule has 2 aromatic carbocycles. The van der Waals surface area contributed by atoms with Gasteiger partial charge in [-0.05, 0) is 79.8 Å². The number of rotatable bonds is 9. The number of fused-ring (bicyclic) bond motifs is 1. The number of hydrogen-bond acceptors (Lipinski definition) is 6. The van der Waals surface area contributed by atoms with E-state index in [-0.39, 0.29) is 0 Å². The molecule has 0 aliphatic carbocycles. The van der Waals surface area contributed by atoms with E-state index in [0.29, 0.717) is 6.04 Å². The van der Waals surface area contributed by atoms with Crippen molar-refractivity contribution >= 4 is 0 Å². The highest BCUT2D eigenvalue weighted by molar-refractivity contribution is 5.48. The van der Waals surface area contributed by atoms with Crippen molar-refractivity contribution in [2.24, 2.45) is 0 Å². The van der Waals surface area contributed by atoms with Gasteiger partial charge in [0, 0.05) is 32.2 Å². The molecule has 174 valence electrons. The van der Waals surface area contributed by atoms with Crippen LogP contribution in [-0.4, -0.2) is 70.0 Å². The topological polar surface area (TPSA) is 43.4 Å². The number of hydrogen-bond donors (Lipinski definition) is 0. The van der Waals surface area contributed by atoms with Gasteiger partial charge in [-0.1, -0.05) is 0 Å². The van der Waals surface area contributed by atoms with Gasteiger partial charge in [-0.15, -0.1) is 0 Å². The van der Waals surface area contributed by atoms with Crippen LogP contribution in [0.2, 0.25) is 0 Å². The summed E-state index contributed by atoms with van der Waals surface area (Å²) in [5.74, 6) is 3.42. The quantitative estimate of drug-likeness (QED) is 0.549. The summed E-state index contributed by atoms with van der Waals surface area (Å²) in [5, 5.41) is 0. The fraction of sp³-hybridized carbons (Fsp3) is 0.538. The minimum atomic E-state index is 0.618. The largest absolute Gasteiger partial charge is 0.497 e. The molecule has 0 saturated carbocycles. The van der Waals surface area contributed by atoms with Crippen LogP contribution in [0.4, 0.5) is 0 Å². The average Bonchev–Trinajstić information content (AvgIpc) is 2.86. The van der Waals surface area contributed by atoms with Crippen molar-refractivity contribution in [3.63, 3.8) is 0 Å². The van der Waals surface area contributed by atoms with Crippen LogP contribution in [0.1, 0.15) is 30.4 Å². The molecule has 4 rings (SSSR count). The van der Waals surface area contributed by atoms with Gasteiger partial charge in [0.1, 0.15) is 11.5 Å². The van der Waals surface area contributed by atoms with Crippen LogP contribution in [0, 0.1) is 0 Å². The maximum atomic E-state index is 5.90. The molecule has 0 N–H and O–H groups in total. The van der Waals surface area contributed by atoms with Crippen molar-refractivity contribution in [2.45, 2.75) is 38.3 Å². The lowest BCUT2D eigenvalue weighted by molar-refractivity contribution is 0.0844. The Labute approximate surface area is 192 Å². The number of piperidine rings is 1. The van der Waals surface area contributed by atoms with Crippen molar-refractivity contribution in [1.29, 1.82) is 0 Å².